The lowest BCUT2D eigenvalue weighted by Crippen LogP contribution is -2.50. The number of alkyl halides is 9. The van der Waals surface area contributed by atoms with E-state index in [1.807, 2.05) is 45.5 Å². The molecule has 0 spiro atoms. The highest BCUT2D eigenvalue weighted by Gasteiger charge is 2.55. The van der Waals surface area contributed by atoms with Gasteiger partial charge < -0.3 is 41.5 Å². The van der Waals surface area contributed by atoms with E-state index >= 15 is 0 Å². The highest BCUT2D eigenvalue weighted by atomic mass is 32.1. The van der Waals surface area contributed by atoms with Gasteiger partial charge in [-0.25, -0.2) is 4.39 Å². The quantitative estimate of drug-likeness (QED) is 0.0541. The van der Waals surface area contributed by atoms with Gasteiger partial charge in [-0.05, 0) is 219 Å². The Morgan fingerprint density at radius 1 is 0.465 bits per heavy atom. The number of carbonyl (C=O) groups is 5. The maximum Gasteiger partial charge on any atom is 0.421 e. The second-order valence-corrected chi connectivity index (χ2v) is 29.2. The van der Waals surface area contributed by atoms with Crippen molar-refractivity contribution in [1.29, 1.82) is 5.26 Å². The molecular weight excluding hydrogens is 1350 g/mol. The van der Waals surface area contributed by atoms with Crippen molar-refractivity contribution < 1.29 is 83.2 Å². The van der Waals surface area contributed by atoms with Gasteiger partial charge in [0.25, 0.3) is 17.7 Å². The number of aromatic nitrogens is 1. The SMILES string of the molecule is C[C@](O)(c1ccc(C(=O)N(C2CC2)C2CCC(C#N)(c3ccccn3)CC2)cc1)C(F)(F)F.C[C@](O)(c1ccc(C(=O)N(C2CC2)C2CCC(C(N)=O)(c3ccccc3F)CC2)cc1)C(F)(F)F.C[C@](O)(c1ccc(C(=O)N(C2CC2)C2CCC(C(N)=O)(c3cccs3)CC2)cc1)C(F)(F)F. The van der Waals surface area contributed by atoms with E-state index in [9.17, 15) is 88.5 Å². The van der Waals surface area contributed by atoms with Gasteiger partial charge in [0.1, 0.15) is 5.82 Å². The van der Waals surface area contributed by atoms with Gasteiger partial charge >= 0.3 is 18.5 Å². The topological polar surface area (TPSA) is 244 Å². The number of hydrogen-bond acceptors (Lipinski definition) is 11. The summed E-state index contributed by atoms with van der Waals surface area (Å²) in [6.07, 6.45) is -1.29. The van der Waals surface area contributed by atoms with Gasteiger partial charge in [-0.2, -0.15) is 44.8 Å². The van der Waals surface area contributed by atoms with Crippen LogP contribution in [-0.4, -0.2) is 119 Å². The zero-order chi connectivity index (χ0) is 73.5. The number of hydrogen-bond donors (Lipinski definition) is 5. The lowest BCUT2D eigenvalue weighted by atomic mass is 9.67. The lowest BCUT2D eigenvalue weighted by molar-refractivity contribution is -0.259. The predicted octanol–water partition coefficient (Wildman–Crippen LogP) is 13.9. The Bertz CT molecular complexity index is 3960. The summed E-state index contributed by atoms with van der Waals surface area (Å²) in [6, 6.07) is 32.7. The lowest BCUT2D eigenvalue weighted by Gasteiger charge is -2.42. The molecule has 6 aliphatic rings. The molecular formula is C75H81F10N7O8S. The van der Waals surface area contributed by atoms with Gasteiger partial charge in [0.15, 0.2) is 16.8 Å². The number of amides is 5. The average molecular weight is 1430 g/mol. The number of nitriles is 1. The Hall–Kier alpha value is -8.25. The summed E-state index contributed by atoms with van der Waals surface area (Å²) in [5.74, 6) is -2.20. The molecule has 101 heavy (non-hydrogen) atoms. The largest absolute Gasteiger partial charge is 0.421 e. The molecule has 540 valence electrons. The summed E-state index contributed by atoms with van der Waals surface area (Å²) in [5.41, 5.74) is 0.855. The molecule has 6 fully saturated rings. The van der Waals surface area contributed by atoms with Crippen molar-refractivity contribution >= 4 is 40.9 Å². The van der Waals surface area contributed by atoms with E-state index in [0.717, 1.165) is 85.5 Å². The van der Waals surface area contributed by atoms with Crippen LogP contribution in [0.5, 0.6) is 0 Å². The first-order chi connectivity index (χ1) is 47.4. The number of benzene rings is 4. The molecule has 6 saturated carbocycles. The molecule has 0 saturated heterocycles. The Morgan fingerprint density at radius 2 is 0.792 bits per heavy atom. The highest BCUT2D eigenvalue weighted by molar-refractivity contribution is 7.10. The van der Waals surface area contributed by atoms with Crippen molar-refractivity contribution in [2.75, 3.05) is 0 Å². The maximum atomic E-state index is 14.6. The molecule has 7 N–H and O–H groups in total. The third-order valence-electron chi connectivity index (χ3n) is 21.6. The molecule has 2 aromatic heterocycles. The molecule has 4 aromatic carbocycles. The van der Waals surface area contributed by atoms with E-state index in [0.29, 0.717) is 90.5 Å². The highest BCUT2D eigenvalue weighted by Crippen LogP contribution is 2.49. The fourth-order valence-corrected chi connectivity index (χ4v) is 15.5. The van der Waals surface area contributed by atoms with Crippen LogP contribution in [-0.2, 0) is 42.6 Å². The van der Waals surface area contributed by atoms with E-state index < -0.39 is 63.3 Å². The number of aliphatic hydroxyl groups is 3. The molecule has 0 radical (unpaired) electrons. The molecule has 0 unspecified atom stereocenters. The summed E-state index contributed by atoms with van der Waals surface area (Å²) >= 11 is 1.51. The number of pyridine rings is 1. The van der Waals surface area contributed by atoms with Crippen LogP contribution in [0.3, 0.4) is 0 Å². The van der Waals surface area contributed by atoms with Crippen molar-refractivity contribution in [3.63, 3.8) is 0 Å². The Morgan fingerprint density at radius 3 is 1.08 bits per heavy atom. The second-order valence-electron chi connectivity index (χ2n) is 28.2. The summed E-state index contributed by atoms with van der Waals surface area (Å²) in [7, 11) is 0. The zero-order valence-electron chi connectivity index (χ0n) is 55.9. The smallest absolute Gasteiger partial charge is 0.376 e. The van der Waals surface area contributed by atoms with Crippen LogP contribution in [0.1, 0.15) is 200 Å². The molecule has 3 atom stereocenters. The van der Waals surface area contributed by atoms with Crippen molar-refractivity contribution in [3.8, 4) is 6.07 Å². The van der Waals surface area contributed by atoms with Gasteiger partial charge in [-0.1, -0.05) is 66.7 Å². The van der Waals surface area contributed by atoms with Crippen LogP contribution in [0.4, 0.5) is 43.9 Å². The van der Waals surface area contributed by atoms with Crippen LogP contribution < -0.4 is 11.5 Å². The van der Waals surface area contributed by atoms with Gasteiger partial charge in [0.05, 0.1) is 28.0 Å². The second kappa shape index (κ2) is 28.9. The molecule has 6 aromatic rings. The predicted molar refractivity (Wildman–Crippen MR) is 355 cm³/mol. The van der Waals surface area contributed by atoms with Gasteiger partial charge in [-0.15, -0.1) is 11.3 Å². The molecule has 6 aliphatic carbocycles. The van der Waals surface area contributed by atoms with Gasteiger partial charge in [-0.3, -0.25) is 29.0 Å². The minimum absolute atomic E-state index is 0.0139. The fourth-order valence-electron chi connectivity index (χ4n) is 14.6. The molecule has 0 bridgehead atoms. The first kappa shape index (κ1) is 75.4. The van der Waals surface area contributed by atoms with Crippen molar-refractivity contribution in [1.82, 2.24) is 19.7 Å². The summed E-state index contributed by atoms with van der Waals surface area (Å²) in [5, 5.41) is 41.5. The molecule has 15 nitrogen and oxygen atoms in total. The molecule has 12 rings (SSSR count). The summed E-state index contributed by atoms with van der Waals surface area (Å²) in [4.78, 5) is 75.7. The minimum atomic E-state index is -4.86. The van der Waals surface area contributed by atoms with Crippen molar-refractivity contribution in [2.45, 2.75) is 224 Å². The minimum Gasteiger partial charge on any atom is -0.376 e. The van der Waals surface area contributed by atoms with Crippen molar-refractivity contribution in [3.05, 3.63) is 194 Å². The third-order valence-corrected chi connectivity index (χ3v) is 22.6. The van der Waals surface area contributed by atoms with Crippen LogP contribution in [0.25, 0.3) is 0 Å². The van der Waals surface area contributed by atoms with Crippen LogP contribution in [0.2, 0.25) is 0 Å². The average Bonchev–Trinajstić information content (AvgIpc) is 1.72. The molecule has 2 heterocycles. The number of nitrogens with zero attached hydrogens (tertiary/aromatic N) is 5. The monoisotopic (exact) mass is 1430 g/mol. The number of thiophene rings is 1. The number of halogens is 10. The van der Waals surface area contributed by atoms with E-state index in [1.54, 1.807) is 29.3 Å². The summed E-state index contributed by atoms with van der Waals surface area (Å²) in [6.45, 7) is 2.06. The van der Waals surface area contributed by atoms with Crippen LogP contribution >= 0.6 is 11.3 Å². The standard InChI is InChI=1S/C26H28F4N2O3.C25H26F3N3O2.C24H27F3N2O3S/c1-24(35,26(28,29)30)17-8-6-16(7-9-17)22(33)32(18-10-11-18)19-12-14-25(15-13-19,23(31)34)20-4-2-3-5-21(20)27;1-23(33,25(26,27)28)18-7-5-17(6-8-18)22(32)31(19-9-10-19)20-11-13-24(16-29,14-12-20)21-4-2-3-15-30-21;1-22(32,24(25,26)27)16-6-4-15(5-7-16)20(30)29(17-8-9-17)18-10-12-23(13-11-18,21(28)31)19-3-2-14-33-19/h2-9,18-19,35H,10-15H2,1H3,(H2,31,34);2-8,15,19-20,33H,9-14H2,1H3;2-7,14,17-18,32H,8-13H2,1H3,(H2,28,31)/t19?,24-,25?;20?,23-,24?;18?,22-,23?/m000/s1. The zero-order valence-corrected chi connectivity index (χ0v) is 56.7. The Kier molecular flexibility index (Phi) is 21.6. The molecule has 26 heteroatoms. The fraction of sp³-hybridized carbons (Fsp3) is 0.480. The molecule has 0 aliphatic heterocycles. The maximum absolute atomic E-state index is 14.6. The van der Waals surface area contributed by atoms with Gasteiger partial charge in [0, 0.05) is 69.6 Å². The Labute approximate surface area is 582 Å². The van der Waals surface area contributed by atoms with E-state index in [-0.39, 0.29) is 106 Å². The third kappa shape index (κ3) is 15.4. The number of carbonyl (C=O) groups excluding carboxylic acids is 5. The Balaban J connectivity index is 0.000000163. The number of nitrogens with two attached hydrogens (primary N) is 2. The van der Waals surface area contributed by atoms with Crippen molar-refractivity contribution in [2.24, 2.45) is 11.5 Å². The van der Waals surface area contributed by atoms with Crippen LogP contribution in [0.15, 0.2) is 139 Å². The first-order valence-corrected chi connectivity index (χ1v) is 34.7. The normalized spacial score (nSPS) is 24.9. The first-order valence-electron chi connectivity index (χ1n) is 33.8. The van der Waals surface area contributed by atoms with Crippen LogP contribution in [0, 0.1) is 17.1 Å². The summed E-state index contributed by atoms with van der Waals surface area (Å²) < 4.78 is 133. The van der Waals surface area contributed by atoms with Gasteiger partial charge in [0.2, 0.25) is 11.8 Å². The number of primary amides is 2. The van der Waals surface area contributed by atoms with E-state index in [1.165, 1.54) is 53.8 Å². The number of rotatable bonds is 17. The molecule has 5 amide bonds. The van der Waals surface area contributed by atoms with E-state index in [4.69, 9.17) is 11.5 Å². The van der Waals surface area contributed by atoms with E-state index in [2.05, 4.69) is 11.1 Å².